The first-order valence-electron chi connectivity index (χ1n) is 7.43. The van der Waals surface area contributed by atoms with Crippen molar-refractivity contribution in [3.63, 3.8) is 0 Å². The monoisotopic (exact) mass is 369 g/mol. The molecule has 2 N–H and O–H groups in total. The van der Waals surface area contributed by atoms with E-state index in [0.717, 1.165) is 17.0 Å². The fraction of sp³-hybridized carbons (Fsp3) is 0.0556. The summed E-state index contributed by atoms with van der Waals surface area (Å²) < 4.78 is 5.15. The van der Waals surface area contributed by atoms with Crippen molar-refractivity contribution in [1.82, 2.24) is 10.3 Å². The number of rotatable bonds is 4. The first-order chi connectivity index (χ1) is 12.2. The van der Waals surface area contributed by atoms with Gasteiger partial charge in [0.05, 0.1) is 12.8 Å². The Morgan fingerprint density at radius 3 is 2.52 bits per heavy atom. The van der Waals surface area contributed by atoms with Crippen molar-refractivity contribution in [1.29, 1.82) is 0 Å². The molecule has 0 aliphatic heterocycles. The normalized spacial score (nSPS) is 10.1. The van der Waals surface area contributed by atoms with Crippen molar-refractivity contribution in [3.8, 4) is 17.0 Å². The average molecular weight is 369 g/mol. The summed E-state index contributed by atoms with van der Waals surface area (Å²) in [7, 11) is 1.63. The lowest BCUT2D eigenvalue weighted by Gasteiger charge is -2.07. The number of thiocarbonyl (C=S) groups is 1. The van der Waals surface area contributed by atoms with Gasteiger partial charge in [-0.25, -0.2) is 4.98 Å². The SMILES string of the molecule is COc1ccc(-c2csc(NC(=S)NC(=O)c3ccccc3)n2)cc1. The average Bonchev–Trinajstić information content (AvgIpc) is 3.10. The number of nitrogens with zero attached hydrogens (tertiary/aromatic N) is 1. The molecule has 0 saturated carbocycles. The number of hydrogen-bond donors (Lipinski definition) is 2. The molecule has 1 heterocycles. The van der Waals surface area contributed by atoms with Gasteiger partial charge in [0, 0.05) is 16.5 Å². The summed E-state index contributed by atoms with van der Waals surface area (Å²) in [5.41, 5.74) is 2.35. The molecule has 1 aromatic heterocycles. The van der Waals surface area contributed by atoms with Gasteiger partial charge < -0.3 is 10.1 Å². The van der Waals surface area contributed by atoms with E-state index >= 15 is 0 Å². The van der Waals surface area contributed by atoms with Crippen molar-refractivity contribution in [2.45, 2.75) is 0 Å². The molecule has 2 aromatic carbocycles. The van der Waals surface area contributed by atoms with E-state index in [9.17, 15) is 4.79 Å². The lowest BCUT2D eigenvalue weighted by atomic mass is 10.2. The molecular formula is C18H15N3O2S2. The topological polar surface area (TPSA) is 63.2 Å². The highest BCUT2D eigenvalue weighted by Crippen LogP contribution is 2.26. The third-order valence-corrected chi connectivity index (χ3v) is 4.34. The molecule has 0 aliphatic rings. The van der Waals surface area contributed by atoms with Crippen molar-refractivity contribution >= 4 is 39.7 Å². The van der Waals surface area contributed by atoms with Gasteiger partial charge in [-0.2, -0.15) is 0 Å². The molecule has 0 unspecified atom stereocenters. The second-order valence-electron chi connectivity index (χ2n) is 5.04. The molecule has 0 saturated heterocycles. The molecule has 0 bridgehead atoms. The summed E-state index contributed by atoms with van der Waals surface area (Å²) in [6, 6.07) is 16.5. The number of amides is 1. The summed E-state index contributed by atoms with van der Waals surface area (Å²) in [4.78, 5) is 16.5. The third kappa shape index (κ3) is 4.40. The zero-order valence-electron chi connectivity index (χ0n) is 13.4. The lowest BCUT2D eigenvalue weighted by Crippen LogP contribution is -2.34. The maximum atomic E-state index is 12.1. The minimum absolute atomic E-state index is 0.212. The first kappa shape index (κ1) is 17.1. The molecule has 126 valence electrons. The van der Waals surface area contributed by atoms with Crippen LogP contribution in [0.15, 0.2) is 60.0 Å². The van der Waals surface area contributed by atoms with Gasteiger partial charge in [-0.3, -0.25) is 10.1 Å². The zero-order valence-corrected chi connectivity index (χ0v) is 15.0. The number of benzene rings is 2. The molecule has 7 heteroatoms. The van der Waals surface area contributed by atoms with Crippen LogP contribution in [-0.4, -0.2) is 23.1 Å². The fourth-order valence-electron chi connectivity index (χ4n) is 2.12. The van der Waals surface area contributed by atoms with E-state index in [4.69, 9.17) is 17.0 Å². The second kappa shape index (κ2) is 7.87. The zero-order chi connectivity index (χ0) is 17.6. The van der Waals surface area contributed by atoms with Crippen LogP contribution in [0.2, 0.25) is 0 Å². The van der Waals surface area contributed by atoms with E-state index in [0.29, 0.717) is 10.7 Å². The van der Waals surface area contributed by atoms with Crippen LogP contribution in [0.5, 0.6) is 5.75 Å². The molecule has 1 amide bonds. The summed E-state index contributed by atoms with van der Waals surface area (Å²) in [6.45, 7) is 0. The summed E-state index contributed by atoms with van der Waals surface area (Å²) in [6.07, 6.45) is 0. The molecule has 5 nitrogen and oxygen atoms in total. The van der Waals surface area contributed by atoms with Gasteiger partial charge in [0.2, 0.25) is 0 Å². The smallest absolute Gasteiger partial charge is 0.257 e. The van der Waals surface area contributed by atoms with Crippen LogP contribution >= 0.6 is 23.6 Å². The molecule has 0 fully saturated rings. The van der Waals surface area contributed by atoms with Crippen LogP contribution < -0.4 is 15.4 Å². The Labute approximate surface area is 154 Å². The Bertz CT molecular complexity index is 877. The van der Waals surface area contributed by atoms with Crippen LogP contribution in [0.1, 0.15) is 10.4 Å². The predicted octanol–water partition coefficient (Wildman–Crippen LogP) is 3.95. The number of anilines is 1. The molecule has 0 atom stereocenters. The van der Waals surface area contributed by atoms with E-state index in [1.54, 1.807) is 31.4 Å². The third-order valence-electron chi connectivity index (χ3n) is 3.37. The summed E-state index contributed by atoms with van der Waals surface area (Å²) >= 11 is 6.59. The largest absolute Gasteiger partial charge is 0.497 e. The Morgan fingerprint density at radius 2 is 1.84 bits per heavy atom. The number of ether oxygens (including phenoxy) is 1. The lowest BCUT2D eigenvalue weighted by molar-refractivity contribution is 0.0977. The first-order valence-corrected chi connectivity index (χ1v) is 8.72. The van der Waals surface area contributed by atoms with Gasteiger partial charge in [0.25, 0.3) is 5.91 Å². The number of nitrogens with one attached hydrogen (secondary N) is 2. The Hall–Kier alpha value is -2.77. The van der Waals surface area contributed by atoms with Crippen LogP contribution in [0.4, 0.5) is 5.13 Å². The highest BCUT2D eigenvalue weighted by atomic mass is 32.1. The van der Waals surface area contributed by atoms with Crippen LogP contribution in [0, 0.1) is 0 Å². The van der Waals surface area contributed by atoms with Gasteiger partial charge in [-0.1, -0.05) is 18.2 Å². The summed E-state index contributed by atoms with van der Waals surface area (Å²) in [5.74, 6) is 0.534. The fourth-order valence-corrected chi connectivity index (χ4v) is 3.10. The predicted molar refractivity (Wildman–Crippen MR) is 104 cm³/mol. The van der Waals surface area contributed by atoms with Gasteiger partial charge >= 0.3 is 0 Å². The summed E-state index contributed by atoms with van der Waals surface area (Å²) in [5, 5.41) is 8.33. The molecule has 0 radical (unpaired) electrons. The molecule has 25 heavy (non-hydrogen) atoms. The van der Waals surface area contributed by atoms with E-state index in [2.05, 4.69) is 15.6 Å². The van der Waals surface area contributed by atoms with Crippen molar-refractivity contribution in [2.75, 3.05) is 12.4 Å². The van der Waals surface area contributed by atoms with E-state index in [1.807, 2.05) is 35.7 Å². The van der Waals surface area contributed by atoms with Crippen LogP contribution in [-0.2, 0) is 0 Å². The van der Waals surface area contributed by atoms with Crippen LogP contribution in [0.3, 0.4) is 0 Å². The maximum absolute atomic E-state index is 12.1. The maximum Gasteiger partial charge on any atom is 0.257 e. The molecule has 0 spiro atoms. The molecule has 3 rings (SSSR count). The highest BCUT2D eigenvalue weighted by Gasteiger charge is 2.10. The van der Waals surface area contributed by atoms with Crippen molar-refractivity contribution < 1.29 is 9.53 Å². The standard InChI is InChI=1S/C18H15N3O2S2/c1-23-14-9-7-12(8-10-14)15-11-25-18(19-15)21-17(24)20-16(22)13-5-3-2-4-6-13/h2-11H,1H3,(H2,19,20,21,22,24). The number of carbonyl (C=O) groups excluding carboxylic acids is 1. The number of thiazole rings is 1. The van der Waals surface area contributed by atoms with Gasteiger partial charge in [0.1, 0.15) is 5.75 Å². The molecular weight excluding hydrogens is 354 g/mol. The highest BCUT2D eigenvalue weighted by molar-refractivity contribution is 7.80. The minimum Gasteiger partial charge on any atom is -0.497 e. The quantitative estimate of drug-likeness (QED) is 0.682. The number of aromatic nitrogens is 1. The second-order valence-corrected chi connectivity index (χ2v) is 6.31. The molecule has 0 aliphatic carbocycles. The van der Waals surface area contributed by atoms with Crippen LogP contribution in [0.25, 0.3) is 11.3 Å². The van der Waals surface area contributed by atoms with Gasteiger partial charge in [0.15, 0.2) is 10.2 Å². The van der Waals surface area contributed by atoms with Gasteiger partial charge in [-0.15, -0.1) is 11.3 Å². The number of carbonyl (C=O) groups is 1. The van der Waals surface area contributed by atoms with Crippen molar-refractivity contribution in [3.05, 3.63) is 65.5 Å². The van der Waals surface area contributed by atoms with E-state index in [-0.39, 0.29) is 11.0 Å². The Morgan fingerprint density at radius 1 is 1.12 bits per heavy atom. The van der Waals surface area contributed by atoms with Crippen molar-refractivity contribution in [2.24, 2.45) is 0 Å². The Kier molecular flexibility index (Phi) is 5.37. The van der Waals surface area contributed by atoms with Gasteiger partial charge in [-0.05, 0) is 48.6 Å². The molecule has 3 aromatic rings. The Balaban J connectivity index is 1.62. The minimum atomic E-state index is -0.259. The van der Waals surface area contributed by atoms with E-state index in [1.165, 1.54) is 11.3 Å². The number of hydrogen-bond acceptors (Lipinski definition) is 5. The number of methoxy groups -OCH3 is 1. The van der Waals surface area contributed by atoms with E-state index < -0.39 is 0 Å².